The number of hydrogen-bond donors (Lipinski definition) is 2. The highest BCUT2D eigenvalue weighted by Gasteiger charge is 2.23. The number of carbonyl (C=O) groups excluding carboxylic acids is 2. The second-order valence-corrected chi connectivity index (χ2v) is 10.7. The van der Waals surface area contributed by atoms with Gasteiger partial charge < -0.3 is 15.5 Å². The van der Waals surface area contributed by atoms with Gasteiger partial charge in [-0.25, -0.2) is 9.48 Å². The fraction of sp³-hybridized carbons (Fsp3) is 0.433. The Hall–Kier alpha value is -3.61. The van der Waals surface area contributed by atoms with Gasteiger partial charge in [0.25, 0.3) is 0 Å². The lowest BCUT2D eigenvalue weighted by molar-refractivity contribution is -0.116. The number of hydrogen-bond acceptors (Lipinski definition) is 3. The minimum Gasteiger partial charge on any atom is -0.334 e. The number of aryl methyl sites for hydroxylation is 2. The summed E-state index contributed by atoms with van der Waals surface area (Å²) in [5.41, 5.74) is 4.85. The number of nitrogens with zero attached hydrogens (tertiary/aromatic N) is 3. The van der Waals surface area contributed by atoms with Crippen molar-refractivity contribution < 1.29 is 9.59 Å². The van der Waals surface area contributed by atoms with E-state index in [4.69, 9.17) is 5.10 Å². The molecule has 0 atom stereocenters. The normalized spacial score (nSPS) is 11.3. The number of anilines is 1. The lowest BCUT2D eigenvalue weighted by Gasteiger charge is -2.23. The molecule has 3 aromatic rings. The smallest absolute Gasteiger partial charge is 0.318 e. The van der Waals surface area contributed by atoms with Crippen molar-refractivity contribution in [2.24, 2.45) is 0 Å². The zero-order valence-electron chi connectivity index (χ0n) is 23.1. The number of nitrogens with one attached hydrogen (secondary N) is 2. The minimum atomic E-state index is -0.252. The van der Waals surface area contributed by atoms with Crippen LogP contribution in [0.3, 0.4) is 0 Å². The number of amides is 3. The van der Waals surface area contributed by atoms with E-state index in [2.05, 4.69) is 51.3 Å². The van der Waals surface area contributed by atoms with E-state index in [1.807, 2.05) is 55.5 Å². The molecular weight excluding hydrogens is 462 g/mol. The maximum atomic E-state index is 13.2. The highest BCUT2D eigenvalue weighted by molar-refractivity contribution is 5.94. The summed E-state index contributed by atoms with van der Waals surface area (Å²) in [6.07, 6.45) is 2.88. The average Bonchev–Trinajstić information content (AvgIpc) is 3.26. The average molecular weight is 504 g/mol. The molecule has 0 unspecified atom stereocenters. The highest BCUT2D eigenvalue weighted by atomic mass is 16.2. The maximum Gasteiger partial charge on any atom is 0.318 e. The molecule has 37 heavy (non-hydrogen) atoms. The van der Waals surface area contributed by atoms with E-state index in [1.165, 1.54) is 5.56 Å². The first-order chi connectivity index (χ1) is 17.6. The zero-order valence-corrected chi connectivity index (χ0v) is 23.1. The molecule has 1 aromatic heterocycles. The molecule has 198 valence electrons. The summed E-state index contributed by atoms with van der Waals surface area (Å²) in [5, 5.41) is 10.8. The Kier molecular flexibility index (Phi) is 9.50. The Morgan fingerprint density at radius 1 is 1.00 bits per heavy atom. The SMILES string of the molecule is CCCCCN(CC(=O)Nc1cc(C(C)(C)C)nn1-c1ccc(C)cc1C)C(=O)NCc1ccccc1. The second-order valence-electron chi connectivity index (χ2n) is 10.7. The first kappa shape index (κ1) is 28.0. The van der Waals surface area contributed by atoms with E-state index in [-0.39, 0.29) is 23.9 Å². The fourth-order valence-electron chi connectivity index (χ4n) is 4.11. The molecule has 0 aliphatic rings. The van der Waals surface area contributed by atoms with Gasteiger partial charge >= 0.3 is 6.03 Å². The lowest BCUT2D eigenvalue weighted by atomic mass is 9.92. The van der Waals surface area contributed by atoms with E-state index in [0.29, 0.717) is 18.9 Å². The molecule has 0 spiro atoms. The fourth-order valence-corrected chi connectivity index (χ4v) is 4.11. The van der Waals surface area contributed by atoms with Crippen molar-refractivity contribution in [1.29, 1.82) is 0 Å². The summed E-state index contributed by atoms with van der Waals surface area (Å²) in [5.74, 6) is 0.345. The standard InChI is InChI=1S/C30H41N5O2/c1-7-8-12-17-34(29(37)31-20-24-13-10-9-11-14-24)21-28(36)32-27-19-26(30(4,5)6)33-35(27)25-16-15-22(2)18-23(25)3/h9-11,13-16,18-19H,7-8,12,17,20-21H2,1-6H3,(H,31,37)(H,32,36). The number of unbranched alkanes of at least 4 members (excludes halogenated alkanes) is 2. The first-order valence-corrected chi connectivity index (χ1v) is 13.1. The summed E-state index contributed by atoms with van der Waals surface area (Å²) < 4.78 is 1.80. The van der Waals surface area contributed by atoms with Gasteiger partial charge in [0.05, 0.1) is 11.4 Å². The number of urea groups is 1. The minimum absolute atomic E-state index is 0.0345. The third-order valence-electron chi connectivity index (χ3n) is 6.27. The molecule has 7 nitrogen and oxygen atoms in total. The van der Waals surface area contributed by atoms with E-state index in [9.17, 15) is 9.59 Å². The second kappa shape index (κ2) is 12.6. The Morgan fingerprint density at radius 3 is 2.38 bits per heavy atom. The Morgan fingerprint density at radius 2 is 1.73 bits per heavy atom. The van der Waals surface area contributed by atoms with Crippen LogP contribution in [-0.2, 0) is 16.8 Å². The van der Waals surface area contributed by atoms with Crippen LogP contribution in [0.25, 0.3) is 5.69 Å². The van der Waals surface area contributed by atoms with Crippen LogP contribution in [0, 0.1) is 13.8 Å². The number of carbonyl (C=O) groups is 2. The van der Waals surface area contributed by atoms with Crippen LogP contribution in [0.4, 0.5) is 10.6 Å². The van der Waals surface area contributed by atoms with Crippen molar-refractivity contribution in [1.82, 2.24) is 20.0 Å². The van der Waals surface area contributed by atoms with E-state index in [0.717, 1.165) is 41.8 Å². The van der Waals surface area contributed by atoms with Crippen molar-refractivity contribution in [3.05, 3.63) is 77.0 Å². The molecule has 2 N–H and O–H groups in total. The van der Waals surface area contributed by atoms with Gasteiger partial charge in [-0.15, -0.1) is 0 Å². The number of aromatic nitrogens is 2. The van der Waals surface area contributed by atoms with Gasteiger partial charge in [0, 0.05) is 24.6 Å². The van der Waals surface area contributed by atoms with Crippen LogP contribution in [0.5, 0.6) is 0 Å². The largest absolute Gasteiger partial charge is 0.334 e. The van der Waals surface area contributed by atoms with Gasteiger partial charge in [-0.05, 0) is 37.5 Å². The molecule has 7 heteroatoms. The Bertz CT molecular complexity index is 1190. The third kappa shape index (κ3) is 7.94. The summed E-state index contributed by atoms with van der Waals surface area (Å²) in [4.78, 5) is 27.9. The number of benzene rings is 2. The molecule has 0 fully saturated rings. The molecule has 3 amide bonds. The molecule has 0 radical (unpaired) electrons. The summed E-state index contributed by atoms with van der Waals surface area (Å²) in [6.45, 7) is 13.4. The van der Waals surface area contributed by atoms with Crippen molar-refractivity contribution >= 4 is 17.8 Å². The predicted molar refractivity (Wildman–Crippen MR) is 150 cm³/mol. The molecule has 0 bridgehead atoms. The van der Waals surface area contributed by atoms with Crippen LogP contribution in [0.2, 0.25) is 0 Å². The van der Waals surface area contributed by atoms with Gasteiger partial charge in [-0.3, -0.25) is 4.79 Å². The summed E-state index contributed by atoms with van der Waals surface area (Å²) >= 11 is 0. The molecule has 3 rings (SSSR count). The van der Waals surface area contributed by atoms with Crippen LogP contribution >= 0.6 is 0 Å². The molecule has 2 aromatic carbocycles. The monoisotopic (exact) mass is 503 g/mol. The van der Waals surface area contributed by atoms with Gasteiger partial charge in [0.2, 0.25) is 5.91 Å². The predicted octanol–water partition coefficient (Wildman–Crippen LogP) is 6.13. The molecule has 0 saturated heterocycles. The molecule has 1 heterocycles. The van der Waals surface area contributed by atoms with Crippen LogP contribution in [0.1, 0.15) is 69.3 Å². The van der Waals surface area contributed by atoms with Crippen LogP contribution in [0.15, 0.2) is 54.6 Å². The van der Waals surface area contributed by atoms with Crippen molar-refractivity contribution in [2.45, 2.75) is 72.8 Å². The van der Waals surface area contributed by atoms with Gasteiger partial charge in [0.15, 0.2) is 0 Å². The van der Waals surface area contributed by atoms with E-state index < -0.39 is 0 Å². The van der Waals surface area contributed by atoms with Crippen molar-refractivity contribution in [3.8, 4) is 5.69 Å². The van der Waals surface area contributed by atoms with Gasteiger partial charge in [-0.1, -0.05) is 88.6 Å². The van der Waals surface area contributed by atoms with Crippen LogP contribution in [-0.4, -0.2) is 39.7 Å². The third-order valence-corrected chi connectivity index (χ3v) is 6.27. The lowest BCUT2D eigenvalue weighted by Crippen LogP contribution is -2.44. The zero-order chi connectivity index (χ0) is 27.0. The Labute approximate surface area is 221 Å². The van der Waals surface area contributed by atoms with Crippen LogP contribution < -0.4 is 10.6 Å². The summed E-state index contributed by atoms with van der Waals surface area (Å²) in [6, 6.07) is 17.6. The highest BCUT2D eigenvalue weighted by Crippen LogP contribution is 2.27. The maximum absolute atomic E-state index is 13.2. The van der Waals surface area contributed by atoms with E-state index in [1.54, 1.807) is 9.58 Å². The first-order valence-electron chi connectivity index (χ1n) is 13.1. The molecule has 0 saturated carbocycles. The number of rotatable bonds is 10. The van der Waals surface area contributed by atoms with Crippen molar-refractivity contribution in [2.75, 3.05) is 18.4 Å². The topological polar surface area (TPSA) is 79.3 Å². The molecule has 0 aliphatic heterocycles. The molecule has 0 aliphatic carbocycles. The van der Waals surface area contributed by atoms with Gasteiger partial charge in [0.1, 0.15) is 12.4 Å². The quantitative estimate of drug-likeness (QED) is 0.327. The Balaban J connectivity index is 1.79. The summed E-state index contributed by atoms with van der Waals surface area (Å²) in [7, 11) is 0. The van der Waals surface area contributed by atoms with Gasteiger partial charge in [-0.2, -0.15) is 5.10 Å². The van der Waals surface area contributed by atoms with Crippen molar-refractivity contribution in [3.63, 3.8) is 0 Å². The molecular formula is C30H41N5O2. The van der Waals surface area contributed by atoms with E-state index >= 15 is 0 Å².